The van der Waals surface area contributed by atoms with Gasteiger partial charge in [-0.15, -0.1) is 0 Å². The van der Waals surface area contributed by atoms with E-state index in [0.29, 0.717) is 5.57 Å². The average Bonchev–Trinajstić information content (AvgIpc) is 2.67. The van der Waals surface area contributed by atoms with Crippen molar-refractivity contribution in [1.82, 2.24) is 4.41 Å². The van der Waals surface area contributed by atoms with Gasteiger partial charge in [0.1, 0.15) is 0 Å². The van der Waals surface area contributed by atoms with Crippen LogP contribution in [0.15, 0.2) is 72.8 Å². The number of hydrogen-bond donors (Lipinski definition) is 2. The molecule has 4 nitrogen and oxygen atoms in total. The first-order valence-electron chi connectivity index (χ1n) is 8.62. The lowest BCUT2D eigenvalue weighted by Crippen LogP contribution is -2.27. The van der Waals surface area contributed by atoms with Crippen LogP contribution in [0, 0.1) is 0 Å². The molecule has 2 aromatic rings. The molecule has 0 bridgehead atoms. The van der Waals surface area contributed by atoms with Crippen molar-refractivity contribution in [3.63, 3.8) is 0 Å². The van der Waals surface area contributed by atoms with Crippen LogP contribution in [0.2, 0.25) is 0 Å². The molecule has 1 fully saturated rings. The van der Waals surface area contributed by atoms with Crippen LogP contribution >= 0.6 is 11.9 Å². The zero-order chi connectivity index (χ0) is 18.4. The Morgan fingerprint density at radius 2 is 1.88 bits per heavy atom. The highest BCUT2D eigenvalue weighted by Gasteiger charge is 2.16. The Bertz CT molecular complexity index is 812. The molecule has 0 aliphatic carbocycles. The molecule has 0 amide bonds. The fourth-order valence-corrected chi connectivity index (χ4v) is 3.93. The van der Waals surface area contributed by atoms with E-state index in [9.17, 15) is 9.90 Å². The Balaban J connectivity index is 2.00. The Morgan fingerprint density at radius 1 is 1.12 bits per heavy atom. The molecular formula is C21H22N2O2S. The van der Waals surface area contributed by atoms with Crippen LogP contribution in [0.1, 0.15) is 24.0 Å². The monoisotopic (exact) mass is 366 g/mol. The molecule has 0 spiro atoms. The molecule has 0 saturated carbocycles. The van der Waals surface area contributed by atoms with Crippen molar-refractivity contribution in [3.8, 4) is 0 Å². The van der Waals surface area contributed by atoms with Crippen LogP contribution in [-0.4, -0.2) is 27.8 Å². The van der Waals surface area contributed by atoms with E-state index >= 15 is 0 Å². The van der Waals surface area contributed by atoms with Gasteiger partial charge in [-0.1, -0.05) is 67.1 Å². The van der Waals surface area contributed by atoms with E-state index in [1.807, 2.05) is 54.6 Å². The van der Waals surface area contributed by atoms with Gasteiger partial charge in [0, 0.05) is 17.9 Å². The van der Waals surface area contributed by atoms with E-state index < -0.39 is 5.97 Å². The number of hydrazine groups is 1. The first kappa shape index (κ1) is 18.3. The van der Waals surface area contributed by atoms with E-state index in [2.05, 4.69) is 16.4 Å². The van der Waals surface area contributed by atoms with Crippen molar-refractivity contribution in [2.75, 3.05) is 17.7 Å². The minimum atomic E-state index is -0.983. The molecule has 26 heavy (non-hydrogen) atoms. The topological polar surface area (TPSA) is 52.6 Å². The smallest absolute Gasteiger partial charge is 0.336 e. The molecule has 0 radical (unpaired) electrons. The number of anilines is 1. The maximum absolute atomic E-state index is 11.8. The number of rotatable bonds is 6. The molecular weight excluding hydrogens is 344 g/mol. The van der Waals surface area contributed by atoms with Crippen LogP contribution in [0.4, 0.5) is 5.69 Å². The second-order valence-electron chi connectivity index (χ2n) is 6.00. The fraction of sp³-hybridized carbons (Fsp3) is 0.190. The van der Waals surface area contributed by atoms with Gasteiger partial charge in [0.25, 0.3) is 0 Å². The minimum absolute atomic E-state index is 0.195. The zero-order valence-corrected chi connectivity index (χ0v) is 15.3. The van der Waals surface area contributed by atoms with Crippen LogP contribution in [0.25, 0.3) is 5.57 Å². The number of hydrogen-bond acceptors (Lipinski definition) is 4. The largest absolute Gasteiger partial charge is 0.478 e. The second kappa shape index (κ2) is 8.74. The molecule has 0 aromatic heterocycles. The van der Waals surface area contributed by atoms with Crippen molar-refractivity contribution in [2.45, 2.75) is 12.8 Å². The Morgan fingerprint density at radius 3 is 2.54 bits per heavy atom. The van der Waals surface area contributed by atoms with Gasteiger partial charge in [0.2, 0.25) is 0 Å². The van der Waals surface area contributed by atoms with Gasteiger partial charge in [-0.2, -0.15) is 4.41 Å². The highest BCUT2D eigenvalue weighted by atomic mass is 32.2. The molecule has 1 aliphatic rings. The van der Waals surface area contributed by atoms with Gasteiger partial charge in [0.05, 0.1) is 11.3 Å². The minimum Gasteiger partial charge on any atom is -0.478 e. The third kappa shape index (κ3) is 4.36. The molecule has 1 heterocycles. The summed E-state index contributed by atoms with van der Waals surface area (Å²) in [7, 11) is 0. The first-order valence-corrected chi connectivity index (χ1v) is 9.56. The van der Waals surface area contributed by atoms with Crippen LogP contribution in [-0.2, 0) is 4.79 Å². The molecule has 0 atom stereocenters. The fourth-order valence-electron chi connectivity index (χ4n) is 2.95. The van der Waals surface area contributed by atoms with Crippen LogP contribution in [0.3, 0.4) is 0 Å². The first-order chi connectivity index (χ1) is 12.7. The zero-order valence-electron chi connectivity index (χ0n) is 14.5. The quantitative estimate of drug-likeness (QED) is 0.436. The third-order valence-corrected chi connectivity index (χ3v) is 5.23. The Labute approximate surface area is 158 Å². The van der Waals surface area contributed by atoms with Crippen molar-refractivity contribution in [3.05, 3.63) is 84.0 Å². The van der Waals surface area contributed by atoms with Gasteiger partial charge in [-0.05, 0) is 36.1 Å². The number of aliphatic carboxylic acids is 1. The Hall–Kier alpha value is -2.50. The summed E-state index contributed by atoms with van der Waals surface area (Å²) in [6, 6.07) is 17.4. The molecule has 1 saturated heterocycles. The summed E-state index contributed by atoms with van der Waals surface area (Å²) in [4.78, 5) is 11.8. The summed E-state index contributed by atoms with van der Waals surface area (Å²) in [6.45, 7) is 4.69. The van der Waals surface area contributed by atoms with Gasteiger partial charge in [-0.3, -0.25) is 0 Å². The van der Waals surface area contributed by atoms with Gasteiger partial charge >= 0.3 is 5.97 Å². The van der Waals surface area contributed by atoms with Crippen LogP contribution in [0.5, 0.6) is 0 Å². The number of benzene rings is 2. The Kier molecular flexibility index (Phi) is 6.15. The van der Waals surface area contributed by atoms with Crippen molar-refractivity contribution in [1.29, 1.82) is 0 Å². The summed E-state index contributed by atoms with van der Waals surface area (Å²) in [5.41, 5.74) is 6.93. The maximum Gasteiger partial charge on any atom is 0.336 e. The molecule has 2 aromatic carbocycles. The number of nitrogens with one attached hydrogen (secondary N) is 1. The molecule has 3 rings (SSSR count). The number of carboxylic acids is 1. The van der Waals surface area contributed by atoms with Gasteiger partial charge < -0.3 is 10.5 Å². The summed E-state index contributed by atoms with van der Waals surface area (Å²) in [5.74, 6) is 0.130. The van der Waals surface area contributed by atoms with Crippen molar-refractivity contribution < 1.29 is 9.90 Å². The third-order valence-electron chi connectivity index (χ3n) is 4.17. The molecule has 0 unspecified atom stereocenters. The highest BCUT2D eigenvalue weighted by Crippen LogP contribution is 2.30. The molecule has 5 heteroatoms. The van der Waals surface area contributed by atoms with E-state index in [0.717, 1.165) is 29.1 Å². The number of nitrogens with zero attached hydrogens (tertiary/aromatic N) is 1. The van der Waals surface area contributed by atoms with E-state index in [-0.39, 0.29) is 5.57 Å². The van der Waals surface area contributed by atoms with Crippen molar-refractivity contribution in [2.24, 2.45) is 0 Å². The predicted octanol–water partition coefficient (Wildman–Crippen LogP) is 4.83. The lowest BCUT2D eigenvalue weighted by atomic mass is 9.92. The summed E-state index contributed by atoms with van der Waals surface area (Å²) in [6.07, 6.45) is 3.82. The van der Waals surface area contributed by atoms with E-state index in [1.165, 1.54) is 18.9 Å². The van der Waals surface area contributed by atoms with E-state index in [1.54, 1.807) is 11.9 Å². The lowest BCUT2D eigenvalue weighted by molar-refractivity contribution is -0.132. The number of carbonyl (C=O) groups is 1. The normalized spacial score (nSPS) is 15.8. The second-order valence-corrected chi connectivity index (χ2v) is 7.11. The summed E-state index contributed by atoms with van der Waals surface area (Å²) < 4.78 is 2.14. The lowest BCUT2D eigenvalue weighted by Gasteiger charge is -2.26. The average molecular weight is 366 g/mol. The molecule has 2 N–H and O–H groups in total. The highest BCUT2D eigenvalue weighted by molar-refractivity contribution is 7.97. The molecule has 1 aliphatic heterocycles. The van der Waals surface area contributed by atoms with Crippen LogP contribution < -0.4 is 5.43 Å². The van der Waals surface area contributed by atoms with E-state index in [4.69, 9.17) is 0 Å². The summed E-state index contributed by atoms with van der Waals surface area (Å²) in [5, 5.41) is 9.64. The number of carboxylic acid groups (broad SMARTS) is 1. The maximum atomic E-state index is 11.8. The SMILES string of the molecule is C=CC(C(=O)O)=C(c1ccccc1)c1cccc(NN2CCCCS2)c1. The predicted molar refractivity (Wildman–Crippen MR) is 109 cm³/mol. The van der Waals surface area contributed by atoms with Gasteiger partial charge in [0.15, 0.2) is 0 Å². The van der Waals surface area contributed by atoms with Crippen molar-refractivity contribution >= 4 is 29.2 Å². The summed E-state index contributed by atoms with van der Waals surface area (Å²) >= 11 is 1.78. The standard InChI is InChI=1S/C21H22N2O2S/c1-2-19(21(24)25)20(16-9-4-3-5-10-16)17-11-8-12-18(15-17)22-23-13-6-7-14-26-23/h2-5,8-12,15,22H,1,6-7,13-14H2,(H,24,25). The molecule has 134 valence electrons. The van der Waals surface area contributed by atoms with Gasteiger partial charge in [-0.25, -0.2) is 4.79 Å².